The van der Waals surface area contributed by atoms with Gasteiger partial charge in [0.05, 0.1) is 12.7 Å². The maximum atomic E-state index is 5.71. The lowest BCUT2D eigenvalue weighted by Gasteiger charge is -2.05. The lowest BCUT2D eigenvalue weighted by Crippen LogP contribution is -2.00. The molecule has 16 heavy (non-hydrogen) atoms. The monoisotopic (exact) mass is 240 g/mol. The van der Waals surface area contributed by atoms with Crippen LogP contribution in [-0.2, 0) is 4.74 Å². The van der Waals surface area contributed by atoms with Gasteiger partial charge in [0, 0.05) is 12.3 Å². The molecule has 1 atom stereocenters. The Morgan fingerprint density at radius 2 is 2.25 bits per heavy atom. The van der Waals surface area contributed by atoms with Crippen LogP contribution in [0.4, 0.5) is 0 Å². The zero-order valence-corrected chi connectivity index (χ0v) is 11.0. The van der Waals surface area contributed by atoms with Crippen LogP contribution < -0.4 is 0 Å². The van der Waals surface area contributed by atoms with Crippen molar-refractivity contribution in [2.24, 2.45) is 0 Å². The molecule has 0 bridgehead atoms. The zero-order chi connectivity index (χ0) is 12.0. The van der Waals surface area contributed by atoms with Gasteiger partial charge in [0.25, 0.3) is 0 Å². The molecule has 1 rings (SSSR count). The van der Waals surface area contributed by atoms with Crippen LogP contribution in [0.5, 0.6) is 0 Å². The van der Waals surface area contributed by atoms with Gasteiger partial charge in [-0.2, -0.15) is 0 Å². The first kappa shape index (κ1) is 13.5. The first-order chi connectivity index (χ1) is 7.61. The minimum Gasteiger partial charge on any atom is -0.369 e. The Bertz CT molecular complexity index is 302. The van der Waals surface area contributed by atoms with Crippen molar-refractivity contribution >= 4 is 11.6 Å². The molecule has 1 aliphatic rings. The maximum absolute atomic E-state index is 5.71. The second-order valence-corrected chi connectivity index (χ2v) is 4.81. The summed E-state index contributed by atoms with van der Waals surface area (Å²) in [7, 11) is 0. The van der Waals surface area contributed by atoms with Crippen LogP contribution in [-0.4, -0.2) is 18.6 Å². The molecule has 0 amide bonds. The summed E-state index contributed by atoms with van der Waals surface area (Å²) in [5, 5.41) is 0. The topological polar surface area (TPSA) is 9.23 Å². The fourth-order valence-electron chi connectivity index (χ4n) is 1.74. The molecule has 0 spiro atoms. The van der Waals surface area contributed by atoms with Crippen molar-refractivity contribution in [1.82, 2.24) is 0 Å². The average molecular weight is 241 g/mol. The molecule has 1 nitrogen and oxygen atoms in total. The first-order valence-corrected chi connectivity index (χ1v) is 6.32. The Labute approximate surface area is 104 Å². The molecule has 90 valence electrons. The molecule has 0 radical (unpaired) electrons. The van der Waals surface area contributed by atoms with Crippen LogP contribution in [0.15, 0.2) is 35.5 Å². The zero-order valence-electron chi connectivity index (χ0n) is 10.3. The third-order valence-electron chi connectivity index (χ3n) is 2.70. The first-order valence-electron chi connectivity index (χ1n) is 5.79. The van der Waals surface area contributed by atoms with E-state index in [-0.39, 0.29) is 6.10 Å². The summed E-state index contributed by atoms with van der Waals surface area (Å²) in [6.07, 6.45) is 7.81. The largest absolute Gasteiger partial charge is 0.369 e. The van der Waals surface area contributed by atoms with Gasteiger partial charge in [-0.3, -0.25) is 0 Å². The van der Waals surface area contributed by atoms with Gasteiger partial charge in [0.15, 0.2) is 0 Å². The lowest BCUT2D eigenvalue weighted by atomic mass is 10.1. The number of hydrogen-bond acceptors (Lipinski definition) is 1. The van der Waals surface area contributed by atoms with Gasteiger partial charge in [-0.05, 0) is 32.3 Å². The van der Waals surface area contributed by atoms with Crippen molar-refractivity contribution in [2.45, 2.75) is 39.2 Å². The summed E-state index contributed by atoms with van der Waals surface area (Å²) in [5.41, 5.74) is 3.84. The SMILES string of the molecule is C=C1CO[C@H](/C=C(/C)CC/C=C(/C)CCl)C1. The van der Waals surface area contributed by atoms with Crippen molar-refractivity contribution in [3.8, 4) is 0 Å². The van der Waals surface area contributed by atoms with Crippen LogP contribution in [0.25, 0.3) is 0 Å². The third kappa shape index (κ3) is 5.00. The van der Waals surface area contributed by atoms with Crippen molar-refractivity contribution < 1.29 is 4.74 Å². The molecule has 1 aliphatic heterocycles. The number of ether oxygens (including phenoxy) is 1. The van der Waals surface area contributed by atoms with Crippen molar-refractivity contribution in [1.29, 1.82) is 0 Å². The van der Waals surface area contributed by atoms with Crippen molar-refractivity contribution in [3.63, 3.8) is 0 Å². The standard InChI is InChI=1S/C14H21ClO/c1-11(5-4-6-12(2)9-15)7-14-8-13(3)10-16-14/h6-7,14H,3-5,8-10H2,1-2H3/b11-7-,12-6-/t14-/m1/s1. The molecular formula is C14H21ClO. The Balaban J connectivity index is 2.31. The molecule has 2 heteroatoms. The number of allylic oxidation sites excluding steroid dienone is 3. The van der Waals surface area contributed by atoms with E-state index in [2.05, 4.69) is 32.6 Å². The van der Waals surface area contributed by atoms with E-state index in [4.69, 9.17) is 16.3 Å². The fourth-order valence-corrected chi connectivity index (χ4v) is 1.84. The van der Waals surface area contributed by atoms with Crippen LogP contribution >= 0.6 is 11.6 Å². The molecule has 1 fully saturated rings. The highest BCUT2D eigenvalue weighted by Crippen LogP contribution is 2.20. The average Bonchev–Trinajstić information content (AvgIpc) is 2.63. The summed E-state index contributed by atoms with van der Waals surface area (Å²) in [5.74, 6) is 0.633. The van der Waals surface area contributed by atoms with Gasteiger partial charge in [-0.1, -0.05) is 29.9 Å². The Morgan fingerprint density at radius 3 is 2.81 bits per heavy atom. The molecule has 0 aromatic carbocycles. The van der Waals surface area contributed by atoms with Crippen LogP contribution in [0, 0.1) is 0 Å². The van der Waals surface area contributed by atoms with E-state index in [1.165, 1.54) is 16.7 Å². The van der Waals surface area contributed by atoms with Crippen molar-refractivity contribution in [2.75, 3.05) is 12.5 Å². The molecule has 0 unspecified atom stereocenters. The lowest BCUT2D eigenvalue weighted by molar-refractivity contribution is 0.149. The predicted octanol–water partition coefficient (Wildman–Crippen LogP) is 4.24. The van der Waals surface area contributed by atoms with E-state index in [1.807, 2.05) is 0 Å². The second kappa shape index (κ2) is 6.93. The van der Waals surface area contributed by atoms with Crippen LogP contribution in [0.2, 0.25) is 0 Å². The highest BCUT2D eigenvalue weighted by Gasteiger charge is 2.15. The molecule has 0 aliphatic carbocycles. The van der Waals surface area contributed by atoms with E-state index in [1.54, 1.807) is 0 Å². The molecule has 0 aromatic rings. The molecule has 1 saturated heterocycles. The van der Waals surface area contributed by atoms with E-state index >= 15 is 0 Å². The number of alkyl halides is 1. The summed E-state index contributed by atoms with van der Waals surface area (Å²) >= 11 is 5.71. The van der Waals surface area contributed by atoms with Gasteiger partial charge >= 0.3 is 0 Å². The summed E-state index contributed by atoms with van der Waals surface area (Å²) in [4.78, 5) is 0. The number of rotatable bonds is 5. The number of halogens is 1. The molecular weight excluding hydrogens is 220 g/mol. The van der Waals surface area contributed by atoms with Gasteiger partial charge in [-0.25, -0.2) is 0 Å². The van der Waals surface area contributed by atoms with Gasteiger partial charge < -0.3 is 4.74 Å². The number of hydrogen-bond donors (Lipinski definition) is 0. The Kier molecular flexibility index (Phi) is 5.86. The highest BCUT2D eigenvalue weighted by molar-refractivity contribution is 6.19. The van der Waals surface area contributed by atoms with Gasteiger partial charge in [0.1, 0.15) is 0 Å². The van der Waals surface area contributed by atoms with Gasteiger partial charge in [0.2, 0.25) is 0 Å². The minimum atomic E-state index is 0.255. The molecule has 0 N–H and O–H groups in total. The summed E-state index contributed by atoms with van der Waals surface area (Å²) < 4.78 is 5.57. The van der Waals surface area contributed by atoms with E-state index < -0.39 is 0 Å². The van der Waals surface area contributed by atoms with E-state index in [0.717, 1.165) is 25.9 Å². The molecule has 0 aromatic heterocycles. The minimum absolute atomic E-state index is 0.255. The summed E-state index contributed by atoms with van der Waals surface area (Å²) in [6.45, 7) is 8.88. The van der Waals surface area contributed by atoms with Gasteiger partial charge in [-0.15, -0.1) is 11.6 Å². The normalized spacial score (nSPS) is 22.9. The maximum Gasteiger partial charge on any atom is 0.0800 e. The van der Waals surface area contributed by atoms with E-state index in [0.29, 0.717) is 5.88 Å². The van der Waals surface area contributed by atoms with Crippen LogP contribution in [0.3, 0.4) is 0 Å². The third-order valence-corrected chi connectivity index (χ3v) is 3.13. The summed E-state index contributed by atoms with van der Waals surface area (Å²) in [6, 6.07) is 0. The second-order valence-electron chi connectivity index (χ2n) is 4.54. The molecule has 1 heterocycles. The van der Waals surface area contributed by atoms with E-state index in [9.17, 15) is 0 Å². The van der Waals surface area contributed by atoms with Crippen molar-refractivity contribution in [3.05, 3.63) is 35.5 Å². The quantitative estimate of drug-likeness (QED) is 0.516. The Hall–Kier alpha value is -0.530. The predicted molar refractivity (Wildman–Crippen MR) is 71.0 cm³/mol. The highest BCUT2D eigenvalue weighted by atomic mass is 35.5. The smallest absolute Gasteiger partial charge is 0.0800 e. The fraction of sp³-hybridized carbons (Fsp3) is 0.571. The van der Waals surface area contributed by atoms with Crippen LogP contribution in [0.1, 0.15) is 33.1 Å². The molecule has 0 saturated carbocycles. The Morgan fingerprint density at radius 1 is 1.50 bits per heavy atom.